The van der Waals surface area contributed by atoms with E-state index < -0.39 is 93.8 Å². The van der Waals surface area contributed by atoms with Crippen LogP contribution in [0.4, 0.5) is 11.4 Å². The second-order valence-electron chi connectivity index (χ2n) is 14.4. The van der Waals surface area contributed by atoms with Gasteiger partial charge in [0.15, 0.2) is 11.6 Å². The average Bonchev–Trinajstić information content (AvgIpc) is 3.65. The molecule has 14 heteroatoms. The van der Waals surface area contributed by atoms with Crippen LogP contribution in [0.3, 0.4) is 0 Å². The molecule has 5 aromatic rings. The van der Waals surface area contributed by atoms with Crippen molar-refractivity contribution < 1.29 is 38.2 Å². The summed E-state index contributed by atoms with van der Waals surface area (Å²) in [6.45, 7) is 6.25. The summed E-state index contributed by atoms with van der Waals surface area (Å²) in [6, 6.07) is 26.5. The van der Waals surface area contributed by atoms with Gasteiger partial charge in [-0.25, -0.2) is 19.6 Å². The number of ketones is 2. The van der Waals surface area contributed by atoms with Crippen molar-refractivity contribution in [3.8, 4) is 11.5 Å². The first-order chi connectivity index (χ1) is 27.7. The van der Waals surface area contributed by atoms with Crippen molar-refractivity contribution in [2.75, 3.05) is 10.0 Å². The van der Waals surface area contributed by atoms with Crippen molar-refractivity contribution in [3.63, 3.8) is 0 Å². The van der Waals surface area contributed by atoms with Crippen LogP contribution < -0.4 is 21.3 Å². The minimum absolute atomic E-state index is 0.109. The standard InChI is InChI=1S/C44H38N4O10/c1-23-19-33(49)39(43(55)57-23)35(51)21-31(37-25(3)45-47(41(37)53)29-11-7-5-8-12-29)27-15-17-28(18-16-27)32(22-36(52)40-34(50)20-24(2)58-44(40)56)38-26(4)46-48(42(38)54)30-13-9-6-10-14-30/h5-20,31-32,37-38,49-50H,21-22H2,1-4H3. The van der Waals surface area contributed by atoms with Gasteiger partial charge in [-0.3, -0.25) is 19.2 Å². The highest BCUT2D eigenvalue weighted by molar-refractivity contribution is 6.17. The van der Waals surface area contributed by atoms with Crippen LogP contribution in [0.2, 0.25) is 0 Å². The van der Waals surface area contributed by atoms with Crippen LogP contribution in [0.15, 0.2) is 126 Å². The fraction of sp³-hybridized carbons (Fsp3) is 0.227. The van der Waals surface area contributed by atoms with Crippen LogP contribution in [0.5, 0.6) is 11.5 Å². The second kappa shape index (κ2) is 15.7. The van der Waals surface area contributed by atoms with E-state index in [1.165, 1.54) is 36.0 Å². The summed E-state index contributed by atoms with van der Waals surface area (Å²) in [6.07, 6.45) is -0.814. The topological polar surface area (TPSA) is 200 Å². The molecule has 7 rings (SSSR count). The third kappa shape index (κ3) is 7.39. The van der Waals surface area contributed by atoms with Gasteiger partial charge < -0.3 is 19.0 Å². The fourth-order valence-electron chi connectivity index (χ4n) is 7.75. The number of hydrogen-bond acceptors (Lipinski definition) is 12. The summed E-state index contributed by atoms with van der Waals surface area (Å²) >= 11 is 0. The van der Waals surface area contributed by atoms with Crippen molar-refractivity contribution in [2.24, 2.45) is 22.0 Å². The predicted octanol–water partition coefficient (Wildman–Crippen LogP) is 6.41. The number of hydrogen-bond donors (Lipinski definition) is 2. The van der Waals surface area contributed by atoms with E-state index in [1.807, 2.05) is 0 Å². The van der Waals surface area contributed by atoms with Crippen LogP contribution in [-0.4, -0.2) is 45.0 Å². The molecule has 0 radical (unpaired) electrons. The predicted molar refractivity (Wildman–Crippen MR) is 214 cm³/mol. The van der Waals surface area contributed by atoms with Gasteiger partial charge in [-0.1, -0.05) is 60.7 Å². The molecular formula is C44H38N4O10. The van der Waals surface area contributed by atoms with E-state index in [1.54, 1.807) is 98.8 Å². The minimum atomic E-state index is -1.02. The molecule has 2 aliphatic rings. The normalized spacial score (nSPS) is 17.6. The van der Waals surface area contributed by atoms with Crippen LogP contribution in [0.25, 0.3) is 0 Å². The first-order valence-electron chi connectivity index (χ1n) is 18.4. The Morgan fingerprint density at radius 2 is 0.931 bits per heavy atom. The van der Waals surface area contributed by atoms with Gasteiger partial charge >= 0.3 is 11.3 Å². The molecule has 0 aliphatic carbocycles. The van der Waals surface area contributed by atoms with E-state index in [2.05, 4.69) is 10.2 Å². The molecule has 2 aromatic heterocycles. The number of carbonyl (C=O) groups excluding carboxylic acids is 4. The number of benzene rings is 3. The third-order valence-corrected chi connectivity index (χ3v) is 10.4. The second-order valence-corrected chi connectivity index (χ2v) is 14.4. The number of nitrogens with zero attached hydrogens (tertiary/aromatic N) is 4. The Bertz CT molecular complexity index is 2450. The van der Waals surface area contributed by atoms with Crippen LogP contribution in [0.1, 0.15) is 81.9 Å². The van der Waals surface area contributed by atoms with Crippen LogP contribution in [0, 0.1) is 25.7 Å². The molecule has 4 heterocycles. The first kappa shape index (κ1) is 39.0. The van der Waals surface area contributed by atoms with Gasteiger partial charge in [0.05, 0.1) is 23.2 Å². The summed E-state index contributed by atoms with van der Waals surface area (Å²) in [5, 5.41) is 32.9. The molecule has 0 fully saturated rings. The lowest BCUT2D eigenvalue weighted by Crippen LogP contribution is -2.33. The Labute approximate surface area is 331 Å². The summed E-state index contributed by atoms with van der Waals surface area (Å²) in [7, 11) is 0. The van der Waals surface area contributed by atoms with E-state index >= 15 is 0 Å². The quantitative estimate of drug-likeness (QED) is 0.133. The number of aromatic hydroxyl groups is 2. The van der Waals surface area contributed by atoms with Crippen molar-refractivity contribution in [3.05, 3.63) is 152 Å². The molecule has 2 amide bonds. The lowest BCUT2D eigenvalue weighted by atomic mass is 9.76. The Hall–Kier alpha value is -7.22. The SMILES string of the molecule is CC1=NN(c2ccccc2)C(=O)C1C(CC(=O)c1c(O)cc(C)oc1=O)c1ccc(C(CC(=O)c2c(O)cc(C)oc2=O)C2C(=O)N(c3ccccc3)N=C2C)cc1. The zero-order chi connectivity index (χ0) is 41.4. The molecule has 14 nitrogen and oxygen atoms in total. The van der Waals surface area contributed by atoms with E-state index in [-0.39, 0.29) is 11.5 Å². The zero-order valence-electron chi connectivity index (χ0n) is 31.9. The molecule has 294 valence electrons. The summed E-state index contributed by atoms with van der Waals surface area (Å²) in [4.78, 5) is 81.7. The van der Waals surface area contributed by atoms with Gasteiger partial charge in [0.25, 0.3) is 11.8 Å². The number of aryl methyl sites for hydroxylation is 2. The number of amides is 2. The maximum absolute atomic E-state index is 14.2. The summed E-state index contributed by atoms with van der Waals surface area (Å²) in [5.41, 5.74) is -0.353. The van der Waals surface area contributed by atoms with Gasteiger partial charge in [0.1, 0.15) is 34.1 Å². The maximum Gasteiger partial charge on any atom is 0.350 e. The monoisotopic (exact) mass is 782 g/mol. The highest BCUT2D eigenvalue weighted by Gasteiger charge is 2.44. The van der Waals surface area contributed by atoms with Gasteiger partial charge in [0.2, 0.25) is 0 Å². The van der Waals surface area contributed by atoms with Crippen molar-refractivity contribution in [1.29, 1.82) is 0 Å². The molecular weight excluding hydrogens is 745 g/mol. The Morgan fingerprint density at radius 3 is 1.26 bits per heavy atom. The van der Waals surface area contributed by atoms with Crippen molar-refractivity contribution >= 4 is 46.2 Å². The van der Waals surface area contributed by atoms with E-state index in [9.17, 15) is 39.0 Å². The number of para-hydroxylation sites is 2. The molecule has 0 spiro atoms. The van der Waals surface area contributed by atoms with Gasteiger partial charge in [-0.15, -0.1) is 0 Å². The largest absolute Gasteiger partial charge is 0.507 e. The Morgan fingerprint density at radius 1 is 0.586 bits per heavy atom. The number of hydrazone groups is 2. The molecule has 4 unspecified atom stereocenters. The molecule has 2 aliphatic heterocycles. The molecule has 0 saturated heterocycles. The Balaban J connectivity index is 1.29. The number of rotatable bonds is 12. The summed E-state index contributed by atoms with van der Waals surface area (Å²) in [5.74, 6) is -7.01. The third-order valence-electron chi connectivity index (χ3n) is 10.4. The fourth-order valence-corrected chi connectivity index (χ4v) is 7.75. The van der Waals surface area contributed by atoms with E-state index in [0.717, 1.165) is 0 Å². The molecule has 0 saturated carbocycles. The van der Waals surface area contributed by atoms with Crippen molar-refractivity contribution in [1.82, 2.24) is 0 Å². The highest BCUT2D eigenvalue weighted by atomic mass is 16.4. The highest BCUT2D eigenvalue weighted by Crippen LogP contribution is 2.41. The number of anilines is 2. The lowest BCUT2D eigenvalue weighted by Gasteiger charge is -2.26. The van der Waals surface area contributed by atoms with E-state index in [0.29, 0.717) is 33.9 Å². The Kier molecular flexibility index (Phi) is 10.6. The van der Waals surface area contributed by atoms with E-state index in [4.69, 9.17) is 8.83 Å². The average molecular weight is 783 g/mol. The molecule has 2 N–H and O–H groups in total. The number of carbonyl (C=O) groups is 4. The van der Waals surface area contributed by atoms with Gasteiger partial charge in [-0.2, -0.15) is 10.2 Å². The molecule has 3 aromatic carbocycles. The summed E-state index contributed by atoms with van der Waals surface area (Å²) < 4.78 is 10.2. The maximum atomic E-state index is 14.2. The first-order valence-corrected chi connectivity index (χ1v) is 18.4. The minimum Gasteiger partial charge on any atom is -0.507 e. The zero-order valence-corrected chi connectivity index (χ0v) is 31.9. The molecule has 0 bridgehead atoms. The molecule has 4 atom stereocenters. The van der Waals surface area contributed by atoms with Gasteiger partial charge in [-0.05, 0) is 63.1 Å². The van der Waals surface area contributed by atoms with Crippen LogP contribution in [-0.2, 0) is 9.59 Å². The smallest absolute Gasteiger partial charge is 0.350 e. The molecule has 58 heavy (non-hydrogen) atoms. The van der Waals surface area contributed by atoms with Crippen molar-refractivity contribution in [2.45, 2.75) is 52.4 Å². The van der Waals surface area contributed by atoms with Gasteiger partial charge in [0, 0.05) is 48.2 Å². The lowest BCUT2D eigenvalue weighted by molar-refractivity contribution is -0.121. The number of Topliss-reactive ketones (excluding diaryl/α,β-unsaturated/α-hetero) is 2. The van der Waals surface area contributed by atoms with Crippen LogP contribution >= 0.6 is 0 Å².